The Morgan fingerprint density at radius 3 is 2.28 bits per heavy atom. The molecule has 186 valence electrons. The summed E-state index contributed by atoms with van der Waals surface area (Å²) in [7, 11) is 1.61. The number of carbonyl (C=O) groups excluding carboxylic acids is 1. The van der Waals surface area contributed by atoms with Gasteiger partial charge in [0.2, 0.25) is 5.88 Å². The van der Waals surface area contributed by atoms with Gasteiger partial charge < -0.3 is 14.4 Å². The molecule has 0 radical (unpaired) electrons. The van der Waals surface area contributed by atoms with Crippen LogP contribution in [0.5, 0.6) is 17.4 Å². The van der Waals surface area contributed by atoms with Crippen LogP contribution in [0, 0.1) is 6.92 Å². The van der Waals surface area contributed by atoms with Gasteiger partial charge in [-0.2, -0.15) is 5.10 Å². The number of amides is 1. The van der Waals surface area contributed by atoms with Gasteiger partial charge in [-0.3, -0.25) is 4.79 Å². The van der Waals surface area contributed by atoms with Crippen LogP contribution in [0.1, 0.15) is 41.9 Å². The van der Waals surface area contributed by atoms with Gasteiger partial charge in [-0.15, -0.1) is 0 Å². The number of para-hydroxylation sites is 3. The maximum absolute atomic E-state index is 13.6. The van der Waals surface area contributed by atoms with Gasteiger partial charge in [0.1, 0.15) is 0 Å². The Bertz CT molecular complexity index is 1320. The van der Waals surface area contributed by atoms with Crippen LogP contribution >= 0.6 is 11.6 Å². The minimum Gasteiger partial charge on any atom is -0.493 e. The standard InChI is InChI=1S/C29H30ClN3O3/c1-5-20(2)32(28(34)22-15-17-23(30)18-16-22)19-25-21(3)31-33(24-11-7-6-8-12-24)29(25)36-27-14-10-9-13-26(27)35-4/h6-18,20H,5,19H2,1-4H3. The van der Waals surface area contributed by atoms with Crippen molar-refractivity contribution in [3.63, 3.8) is 0 Å². The van der Waals surface area contributed by atoms with Crippen LogP contribution in [0.3, 0.4) is 0 Å². The van der Waals surface area contributed by atoms with Crippen LogP contribution in [0.4, 0.5) is 0 Å². The molecule has 1 atom stereocenters. The zero-order valence-corrected chi connectivity index (χ0v) is 21.7. The van der Waals surface area contributed by atoms with E-state index in [0.29, 0.717) is 34.5 Å². The molecule has 0 saturated carbocycles. The van der Waals surface area contributed by atoms with Gasteiger partial charge in [-0.1, -0.05) is 48.9 Å². The molecule has 0 fully saturated rings. The first kappa shape index (κ1) is 25.3. The Labute approximate surface area is 217 Å². The van der Waals surface area contributed by atoms with Crippen molar-refractivity contribution in [2.24, 2.45) is 0 Å². The molecule has 7 heteroatoms. The molecule has 1 heterocycles. The van der Waals surface area contributed by atoms with Crippen molar-refractivity contribution in [3.05, 3.63) is 101 Å². The number of benzene rings is 3. The van der Waals surface area contributed by atoms with E-state index in [2.05, 4.69) is 6.92 Å². The lowest BCUT2D eigenvalue weighted by Gasteiger charge is -2.29. The molecular formula is C29H30ClN3O3. The van der Waals surface area contributed by atoms with E-state index in [4.69, 9.17) is 26.2 Å². The number of aromatic nitrogens is 2. The number of ether oxygens (including phenoxy) is 2. The van der Waals surface area contributed by atoms with E-state index in [1.165, 1.54) is 0 Å². The summed E-state index contributed by atoms with van der Waals surface area (Å²) in [5.41, 5.74) is 3.05. The first-order valence-corrected chi connectivity index (χ1v) is 12.3. The summed E-state index contributed by atoms with van der Waals surface area (Å²) < 4.78 is 13.8. The van der Waals surface area contributed by atoms with Gasteiger partial charge in [0, 0.05) is 16.6 Å². The minimum absolute atomic E-state index is 0.00763. The van der Waals surface area contributed by atoms with E-state index in [-0.39, 0.29) is 11.9 Å². The highest BCUT2D eigenvalue weighted by Gasteiger charge is 2.27. The van der Waals surface area contributed by atoms with Gasteiger partial charge in [-0.25, -0.2) is 4.68 Å². The van der Waals surface area contributed by atoms with E-state index in [1.807, 2.05) is 73.3 Å². The molecule has 36 heavy (non-hydrogen) atoms. The van der Waals surface area contributed by atoms with Crippen LogP contribution in [0.2, 0.25) is 5.02 Å². The average molecular weight is 504 g/mol. The Kier molecular flexibility index (Phi) is 7.96. The summed E-state index contributed by atoms with van der Waals surface area (Å²) in [4.78, 5) is 15.5. The molecule has 0 N–H and O–H groups in total. The van der Waals surface area contributed by atoms with Crippen LogP contribution in [-0.2, 0) is 6.54 Å². The Morgan fingerprint density at radius 2 is 1.64 bits per heavy atom. The number of methoxy groups -OCH3 is 1. The highest BCUT2D eigenvalue weighted by Crippen LogP contribution is 2.36. The third-order valence-corrected chi connectivity index (χ3v) is 6.47. The summed E-state index contributed by atoms with van der Waals surface area (Å²) in [6.07, 6.45) is 0.800. The van der Waals surface area contributed by atoms with Crippen LogP contribution in [-0.4, -0.2) is 33.7 Å². The molecule has 4 rings (SSSR count). The molecule has 0 saturated heterocycles. The summed E-state index contributed by atoms with van der Waals surface area (Å²) in [5, 5.41) is 5.40. The molecule has 0 aliphatic rings. The van der Waals surface area contributed by atoms with Gasteiger partial charge in [0.05, 0.1) is 30.6 Å². The maximum atomic E-state index is 13.6. The van der Waals surface area contributed by atoms with E-state index < -0.39 is 0 Å². The van der Waals surface area contributed by atoms with Gasteiger partial charge >= 0.3 is 0 Å². The minimum atomic E-state index is -0.0730. The Hall–Kier alpha value is -3.77. The average Bonchev–Trinajstić information content (AvgIpc) is 3.22. The lowest BCUT2D eigenvalue weighted by Crippen LogP contribution is -2.38. The highest BCUT2D eigenvalue weighted by molar-refractivity contribution is 6.30. The van der Waals surface area contributed by atoms with E-state index >= 15 is 0 Å². The van der Waals surface area contributed by atoms with Crippen LogP contribution in [0.15, 0.2) is 78.9 Å². The van der Waals surface area contributed by atoms with Crippen molar-refractivity contribution in [2.45, 2.75) is 39.8 Å². The molecule has 0 aliphatic carbocycles. The lowest BCUT2D eigenvalue weighted by atomic mass is 10.1. The molecule has 1 unspecified atom stereocenters. The molecular weight excluding hydrogens is 474 g/mol. The number of nitrogens with zero attached hydrogens (tertiary/aromatic N) is 3. The number of aryl methyl sites for hydroxylation is 1. The number of hydrogen-bond donors (Lipinski definition) is 0. The van der Waals surface area contributed by atoms with Crippen molar-refractivity contribution in [3.8, 4) is 23.1 Å². The first-order valence-electron chi connectivity index (χ1n) is 11.9. The summed E-state index contributed by atoms with van der Waals surface area (Å²) in [5.74, 6) is 1.65. The number of rotatable bonds is 9. The fraction of sp³-hybridized carbons (Fsp3) is 0.241. The van der Waals surface area contributed by atoms with Crippen molar-refractivity contribution < 1.29 is 14.3 Å². The second kappa shape index (κ2) is 11.3. The maximum Gasteiger partial charge on any atom is 0.254 e. The third-order valence-electron chi connectivity index (χ3n) is 6.22. The smallest absolute Gasteiger partial charge is 0.254 e. The second-order valence-corrected chi connectivity index (χ2v) is 9.00. The molecule has 0 bridgehead atoms. The normalized spacial score (nSPS) is 11.7. The first-order chi connectivity index (χ1) is 17.4. The van der Waals surface area contributed by atoms with Crippen molar-refractivity contribution in [2.75, 3.05) is 7.11 Å². The van der Waals surface area contributed by atoms with Gasteiger partial charge in [0.25, 0.3) is 5.91 Å². The monoisotopic (exact) mass is 503 g/mol. The molecule has 4 aromatic rings. The van der Waals surface area contributed by atoms with Crippen LogP contribution < -0.4 is 9.47 Å². The molecule has 1 amide bonds. The number of carbonyl (C=O) groups is 1. The van der Waals surface area contributed by atoms with Gasteiger partial charge in [0.15, 0.2) is 11.5 Å². The van der Waals surface area contributed by atoms with Crippen molar-refractivity contribution >= 4 is 17.5 Å². The number of hydrogen-bond acceptors (Lipinski definition) is 4. The Balaban J connectivity index is 1.80. The predicted octanol–water partition coefficient (Wildman–Crippen LogP) is 7.08. The molecule has 6 nitrogen and oxygen atoms in total. The molecule has 1 aromatic heterocycles. The predicted molar refractivity (Wildman–Crippen MR) is 142 cm³/mol. The molecule has 0 aliphatic heterocycles. The summed E-state index contributed by atoms with van der Waals surface area (Å²) in [6, 6.07) is 24.3. The highest BCUT2D eigenvalue weighted by atomic mass is 35.5. The van der Waals surface area contributed by atoms with E-state index in [0.717, 1.165) is 23.4 Å². The molecule has 3 aromatic carbocycles. The van der Waals surface area contributed by atoms with E-state index in [1.54, 1.807) is 36.1 Å². The van der Waals surface area contributed by atoms with Gasteiger partial charge in [-0.05, 0) is 68.8 Å². The van der Waals surface area contributed by atoms with Crippen molar-refractivity contribution in [1.29, 1.82) is 0 Å². The largest absolute Gasteiger partial charge is 0.493 e. The Morgan fingerprint density at radius 1 is 1.00 bits per heavy atom. The quantitative estimate of drug-likeness (QED) is 0.245. The van der Waals surface area contributed by atoms with E-state index in [9.17, 15) is 4.79 Å². The van der Waals surface area contributed by atoms with Crippen molar-refractivity contribution in [1.82, 2.24) is 14.7 Å². The summed E-state index contributed by atoms with van der Waals surface area (Å²) >= 11 is 6.06. The zero-order chi connectivity index (χ0) is 25.7. The third kappa shape index (κ3) is 5.39. The molecule has 0 spiro atoms. The fourth-order valence-corrected chi connectivity index (χ4v) is 4.08. The second-order valence-electron chi connectivity index (χ2n) is 8.57. The number of halogens is 1. The summed E-state index contributed by atoms with van der Waals surface area (Å²) in [6.45, 7) is 6.38. The topological polar surface area (TPSA) is 56.6 Å². The SMILES string of the molecule is CCC(C)N(Cc1c(C)nn(-c2ccccc2)c1Oc1ccccc1OC)C(=O)c1ccc(Cl)cc1. The lowest BCUT2D eigenvalue weighted by molar-refractivity contribution is 0.0670. The fourth-order valence-electron chi connectivity index (χ4n) is 3.95. The van der Waals surface area contributed by atoms with Crippen LogP contribution in [0.25, 0.3) is 5.69 Å². The zero-order valence-electron chi connectivity index (χ0n) is 20.9.